The third-order valence-corrected chi connectivity index (χ3v) is 8.07. The highest BCUT2D eigenvalue weighted by molar-refractivity contribution is 4.96. The van der Waals surface area contributed by atoms with Gasteiger partial charge in [-0.2, -0.15) is 0 Å². The van der Waals surface area contributed by atoms with Crippen LogP contribution in [0, 0.1) is 10.8 Å². The molecule has 0 radical (unpaired) electrons. The van der Waals surface area contributed by atoms with Crippen LogP contribution in [0.4, 0.5) is 0 Å². The lowest BCUT2D eigenvalue weighted by Gasteiger charge is -2.51. The molecule has 4 aliphatic heterocycles. The Bertz CT molecular complexity index is 493. The topological polar surface area (TPSA) is 24.9 Å². The number of rotatable bonds is 3. The van der Waals surface area contributed by atoms with Crippen molar-refractivity contribution in [3.63, 3.8) is 0 Å². The van der Waals surface area contributed by atoms with Crippen LogP contribution in [0.3, 0.4) is 0 Å². The first kappa shape index (κ1) is 21.1. The molecule has 0 aromatic carbocycles. The van der Waals surface area contributed by atoms with Gasteiger partial charge in [-0.25, -0.2) is 0 Å². The summed E-state index contributed by atoms with van der Waals surface area (Å²) in [6.07, 6.45) is 10.5. The minimum atomic E-state index is 0.0658. The molecule has 0 saturated carbocycles. The van der Waals surface area contributed by atoms with Gasteiger partial charge >= 0.3 is 0 Å². The molecule has 0 bridgehead atoms. The Morgan fingerprint density at radius 1 is 0.643 bits per heavy atom. The van der Waals surface area contributed by atoms with Gasteiger partial charge in [0.25, 0.3) is 0 Å². The zero-order valence-electron chi connectivity index (χ0n) is 19.0. The minimum Gasteiger partial charge on any atom is -0.376 e. The maximum Gasteiger partial charge on any atom is 0.0632 e. The van der Waals surface area contributed by atoms with Crippen LogP contribution in [0.15, 0.2) is 0 Å². The summed E-state index contributed by atoms with van der Waals surface area (Å²) in [7, 11) is 0. The zero-order valence-corrected chi connectivity index (χ0v) is 19.0. The Labute approximate surface area is 173 Å². The maximum atomic E-state index is 6.03. The quantitative estimate of drug-likeness (QED) is 0.714. The van der Waals surface area contributed by atoms with E-state index in [-0.39, 0.29) is 11.2 Å². The summed E-state index contributed by atoms with van der Waals surface area (Å²) in [5.41, 5.74) is 1.15. The summed E-state index contributed by atoms with van der Waals surface area (Å²) in [4.78, 5) is 5.56. The van der Waals surface area contributed by atoms with Crippen molar-refractivity contribution in [3.8, 4) is 0 Å². The Kier molecular flexibility index (Phi) is 5.90. The van der Waals surface area contributed by atoms with E-state index in [0.29, 0.717) is 10.8 Å². The second-order valence-corrected chi connectivity index (χ2v) is 11.8. The molecule has 0 aromatic heterocycles. The Hall–Kier alpha value is -0.160. The Morgan fingerprint density at radius 2 is 1.07 bits per heavy atom. The van der Waals surface area contributed by atoms with Crippen molar-refractivity contribution in [3.05, 3.63) is 0 Å². The van der Waals surface area contributed by atoms with Crippen LogP contribution in [0.5, 0.6) is 0 Å². The van der Waals surface area contributed by atoms with Gasteiger partial charge in [-0.1, -0.05) is 0 Å². The molecule has 4 heteroatoms. The average molecular weight is 393 g/mol. The number of piperidine rings is 2. The molecule has 0 aliphatic carbocycles. The predicted molar refractivity (Wildman–Crippen MR) is 115 cm³/mol. The van der Waals surface area contributed by atoms with Crippen LogP contribution in [0.25, 0.3) is 0 Å². The van der Waals surface area contributed by atoms with Gasteiger partial charge in [0.2, 0.25) is 0 Å². The summed E-state index contributed by atoms with van der Waals surface area (Å²) < 4.78 is 12.1. The molecule has 4 saturated heterocycles. The number of ether oxygens (including phenoxy) is 2. The molecule has 0 N–H and O–H groups in total. The van der Waals surface area contributed by atoms with Crippen molar-refractivity contribution in [2.75, 3.05) is 52.5 Å². The highest BCUT2D eigenvalue weighted by Crippen LogP contribution is 2.46. The van der Waals surface area contributed by atoms with Crippen LogP contribution in [-0.4, -0.2) is 73.5 Å². The maximum absolute atomic E-state index is 6.03. The van der Waals surface area contributed by atoms with E-state index in [9.17, 15) is 0 Å². The van der Waals surface area contributed by atoms with Gasteiger partial charge in [0, 0.05) is 39.4 Å². The van der Waals surface area contributed by atoms with Crippen molar-refractivity contribution in [2.45, 2.75) is 90.3 Å². The van der Waals surface area contributed by atoms with E-state index in [1.807, 2.05) is 0 Å². The lowest BCUT2D eigenvalue weighted by atomic mass is 9.69. The molecular formula is C24H44N2O2. The molecule has 4 heterocycles. The molecule has 2 atom stereocenters. The van der Waals surface area contributed by atoms with Gasteiger partial charge in [-0.05, 0) is 103 Å². The monoisotopic (exact) mass is 392 g/mol. The zero-order chi connectivity index (χ0) is 19.9. The molecule has 2 spiro atoms. The summed E-state index contributed by atoms with van der Waals surface area (Å²) in [5.74, 6) is 0. The van der Waals surface area contributed by atoms with E-state index in [0.717, 1.165) is 13.2 Å². The lowest BCUT2D eigenvalue weighted by Crippen LogP contribution is -2.54. The van der Waals surface area contributed by atoms with Crippen molar-refractivity contribution in [2.24, 2.45) is 10.8 Å². The van der Waals surface area contributed by atoms with Crippen molar-refractivity contribution < 1.29 is 9.47 Å². The average Bonchev–Trinajstić information content (AvgIpc) is 2.58. The van der Waals surface area contributed by atoms with Gasteiger partial charge in [0.1, 0.15) is 0 Å². The van der Waals surface area contributed by atoms with Crippen LogP contribution in [0.1, 0.15) is 79.1 Å². The van der Waals surface area contributed by atoms with E-state index in [1.54, 1.807) is 0 Å². The smallest absolute Gasteiger partial charge is 0.0632 e. The molecular weight excluding hydrogens is 348 g/mol. The van der Waals surface area contributed by atoms with Crippen molar-refractivity contribution >= 4 is 0 Å². The van der Waals surface area contributed by atoms with Gasteiger partial charge in [-0.15, -0.1) is 0 Å². The summed E-state index contributed by atoms with van der Waals surface area (Å²) >= 11 is 0. The number of likely N-dealkylation sites (tertiary alicyclic amines) is 2. The molecule has 162 valence electrons. The summed E-state index contributed by atoms with van der Waals surface area (Å²) in [6, 6.07) is 0. The highest BCUT2D eigenvalue weighted by Gasteiger charge is 2.45. The molecule has 2 unspecified atom stereocenters. The van der Waals surface area contributed by atoms with E-state index < -0.39 is 0 Å². The molecule has 28 heavy (non-hydrogen) atoms. The van der Waals surface area contributed by atoms with E-state index >= 15 is 0 Å². The van der Waals surface area contributed by atoms with Crippen molar-refractivity contribution in [1.29, 1.82) is 0 Å². The largest absolute Gasteiger partial charge is 0.376 e. The van der Waals surface area contributed by atoms with E-state index in [2.05, 4.69) is 37.5 Å². The Balaban J connectivity index is 1.30. The van der Waals surface area contributed by atoms with Gasteiger partial charge < -0.3 is 19.3 Å². The third kappa shape index (κ3) is 4.94. The second kappa shape index (κ2) is 7.83. The van der Waals surface area contributed by atoms with Crippen LogP contribution in [-0.2, 0) is 9.47 Å². The van der Waals surface area contributed by atoms with Crippen LogP contribution < -0.4 is 0 Å². The molecule has 4 rings (SSSR count). The number of nitrogens with zero attached hydrogens (tertiary/aromatic N) is 2. The lowest BCUT2D eigenvalue weighted by molar-refractivity contribution is -0.127. The van der Waals surface area contributed by atoms with Crippen LogP contribution in [0.2, 0.25) is 0 Å². The standard InChI is InChI=1S/C24H44N2O2/c1-21(2)17-23(9-15-27-21)7-5-11-25(19-23)13-14-26-12-6-8-24(20-26)10-16-28-22(3,4)18-24/h5-20H2,1-4H3. The molecule has 4 aliphatic rings. The molecule has 0 aromatic rings. The summed E-state index contributed by atoms with van der Waals surface area (Å²) in [6.45, 7) is 18.7. The Morgan fingerprint density at radius 3 is 1.46 bits per heavy atom. The summed E-state index contributed by atoms with van der Waals surface area (Å²) in [5, 5.41) is 0. The first-order valence-corrected chi connectivity index (χ1v) is 11.9. The predicted octanol–water partition coefficient (Wildman–Crippen LogP) is 4.33. The fraction of sp³-hybridized carbons (Fsp3) is 1.00. The third-order valence-electron chi connectivity index (χ3n) is 8.07. The highest BCUT2D eigenvalue weighted by atomic mass is 16.5. The molecule has 4 fully saturated rings. The van der Waals surface area contributed by atoms with Gasteiger partial charge in [0.05, 0.1) is 11.2 Å². The first-order chi connectivity index (χ1) is 13.2. The van der Waals surface area contributed by atoms with E-state index in [4.69, 9.17) is 9.47 Å². The SMILES string of the molecule is CC1(C)CC2(CCCN(CCN3CCCC4(CCOC(C)(C)C4)C3)C2)CCO1. The molecule has 0 amide bonds. The second-order valence-electron chi connectivity index (χ2n) is 11.8. The van der Waals surface area contributed by atoms with E-state index in [1.165, 1.54) is 90.6 Å². The fourth-order valence-corrected chi connectivity index (χ4v) is 7.15. The fourth-order valence-electron chi connectivity index (χ4n) is 7.15. The first-order valence-electron chi connectivity index (χ1n) is 11.9. The van der Waals surface area contributed by atoms with Crippen LogP contribution >= 0.6 is 0 Å². The van der Waals surface area contributed by atoms with Crippen molar-refractivity contribution in [1.82, 2.24) is 9.80 Å². The van der Waals surface area contributed by atoms with Gasteiger partial charge in [-0.3, -0.25) is 0 Å². The number of hydrogen-bond donors (Lipinski definition) is 0. The minimum absolute atomic E-state index is 0.0658. The normalized spacial score (nSPS) is 39.4. The number of hydrogen-bond acceptors (Lipinski definition) is 4. The van der Waals surface area contributed by atoms with Gasteiger partial charge in [0.15, 0.2) is 0 Å². The molecule has 4 nitrogen and oxygen atoms in total.